The highest BCUT2D eigenvalue weighted by atomic mass is 32.2. The Morgan fingerprint density at radius 2 is 2.00 bits per heavy atom. The zero-order chi connectivity index (χ0) is 9.19. The van der Waals surface area contributed by atoms with Gasteiger partial charge in [0.15, 0.2) is 0 Å². The van der Waals surface area contributed by atoms with E-state index in [0.29, 0.717) is 0 Å². The Morgan fingerprint density at radius 1 is 1.33 bits per heavy atom. The van der Waals surface area contributed by atoms with Crippen LogP contribution in [0.15, 0.2) is 23.1 Å². The van der Waals surface area contributed by atoms with Gasteiger partial charge >= 0.3 is 5.51 Å². The summed E-state index contributed by atoms with van der Waals surface area (Å²) in [5.41, 5.74) is -4.44. The molecule has 0 aliphatic heterocycles. The average Bonchev–Trinajstić information content (AvgIpc) is 1.91. The lowest BCUT2D eigenvalue weighted by atomic mass is 10.4. The molecular formula is C7H3F4S. The Bertz CT molecular complexity index is 268. The number of alkyl halides is 3. The maximum atomic E-state index is 12.6. The van der Waals surface area contributed by atoms with Crippen LogP contribution in [0.2, 0.25) is 0 Å². The molecule has 0 aromatic heterocycles. The van der Waals surface area contributed by atoms with E-state index in [2.05, 4.69) is 6.07 Å². The standard InChI is InChI=1S/C7H3F4S/c8-5-3-1-2-4-6(5)12-7(9,10)11/h2-4H. The summed E-state index contributed by atoms with van der Waals surface area (Å²) in [5, 5.41) is 0. The van der Waals surface area contributed by atoms with Crippen LogP contribution >= 0.6 is 11.8 Å². The average molecular weight is 195 g/mol. The fraction of sp³-hybridized carbons (Fsp3) is 0.143. The molecule has 0 bridgehead atoms. The van der Waals surface area contributed by atoms with Crippen LogP contribution in [0.5, 0.6) is 0 Å². The highest BCUT2D eigenvalue weighted by molar-refractivity contribution is 8.00. The van der Waals surface area contributed by atoms with Crippen LogP contribution in [0.3, 0.4) is 0 Å². The molecule has 1 aromatic carbocycles. The molecule has 0 aliphatic carbocycles. The van der Waals surface area contributed by atoms with Gasteiger partial charge in [0.1, 0.15) is 5.82 Å². The molecular weight excluding hydrogens is 192 g/mol. The van der Waals surface area contributed by atoms with Gasteiger partial charge in [0.2, 0.25) is 0 Å². The first kappa shape index (κ1) is 9.38. The predicted molar refractivity (Wildman–Crippen MR) is 37.1 cm³/mol. The zero-order valence-electron chi connectivity index (χ0n) is 5.65. The van der Waals surface area contributed by atoms with E-state index in [4.69, 9.17) is 0 Å². The van der Waals surface area contributed by atoms with Gasteiger partial charge in [0, 0.05) is 0 Å². The number of rotatable bonds is 1. The van der Waals surface area contributed by atoms with Crippen LogP contribution < -0.4 is 0 Å². The SMILES string of the molecule is Fc1c[c]ccc1SC(F)(F)F. The number of thioether (sulfide) groups is 1. The van der Waals surface area contributed by atoms with Gasteiger partial charge in [0.25, 0.3) is 0 Å². The molecule has 65 valence electrons. The van der Waals surface area contributed by atoms with E-state index in [1.165, 1.54) is 6.07 Å². The Hall–Kier alpha value is -0.710. The molecule has 0 fully saturated rings. The second-order valence-electron chi connectivity index (χ2n) is 1.90. The van der Waals surface area contributed by atoms with Gasteiger partial charge in [0.05, 0.1) is 4.90 Å². The Kier molecular flexibility index (Phi) is 2.62. The molecule has 1 aromatic rings. The molecule has 1 radical (unpaired) electrons. The minimum absolute atomic E-state index is 0.429. The van der Waals surface area contributed by atoms with Crippen molar-refractivity contribution in [3.8, 4) is 0 Å². The fourth-order valence-corrected chi connectivity index (χ4v) is 1.15. The second-order valence-corrected chi connectivity index (χ2v) is 3.01. The molecule has 5 heteroatoms. The monoisotopic (exact) mass is 195 g/mol. The van der Waals surface area contributed by atoms with Crippen molar-refractivity contribution >= 4 is 11.8 Å². The number of hydrogen-bond acceptors (Lipinski definition) is 1. The summed E-state index contributed by atoms with van der Waals surface area (Å²) < 4.78 is 47.7. The molecule has 0 aliphatic rings. The highest BCUT2D eigenvalue weighted by Gasteiger charge is 2.30. The van der Waals surface area contributed by atoms with Crippen molar-refractivity contribution in [3.05, 3.63) is 30.1 Å². The van der Waals surface area contributed by atoms with Crippen LogP contribution in [0.25, 0.3) is 0 Å². The molecule has 1 rings (SSSR count). The van der Waals surface area contributed by atoms with Crippen molar-refractivity contribution in [2.24, 2.45) is 0 Å². The number of halogens is 4. The van der Waals surface area contributed by atoms with E-state index in [-0.39, 0.29) is 0 Å². The summed E-state index contributed by atoms with van der Waals surface area (Å²) in [4.78, 5) is -0.429. The number of hydrogen-bond donors (Lipinski definition) is 0. The summed E-state index contributed by atoms with van der Waals surface area (Å²) in [5.74, 6) is -0.903. The Labute approximate surface area is 70.6 Å². The van der Waals surface area contributed by atoms with Crippen molar-refractivity contribution < 1.29 is 17.6 Å². The molecule has 0 unspecified atom stereocenters. The van der Waals surface area contributed by atoms with Gasteiger partial charge in [-0.15, -0.1) is 0 Å². The zero-order valence-corrected chi connectivity index (χ0v) is 6.47. The molecule has 0 spiro atoms. The van der Waals surface area contributed by atoms with Crippen molar-refractivity contribution in [2.45, 2.75) is 10.4 Å². The normalized spacial score (nSPS) is 11.7. The maximum Gasteiger partial charge on any atom is 0.446 e. The van der Waals surface area contributed by atoms with Crippen molar-refractivity contribution in [1.29, 1.82) is 0 Å². The lowest BCUT2D eigenvalue weighted by molar-refractivity contribution is -0.0329. The van der Waals surface area contributed by atoms with Crippen molar-refractivity contribution in [2.75, 3.05) is 0 Å². The van der Waals surface area contributed by atoms with Gasteiger partial charge in [-0.05, 0) is 30.0 Å². The minimum Gasteiger partial charge on any atom is -0.206 e. The van der Waals surface area contributed by atoms with E-state index in [9.17, 15) is 17.6 Å². The van der Waals surface area contributed by atoms with Crippen LogP contribution in [0.4, 0.5) is 17.6 Å². The first-order valence-corrected chi connectivity index (χ1v) is 3.72. The van der Waals surface area contributed by atoms with E-state index < -0.39 is 28.0 Å². The van der Waals surface area contributed by atoms with Gasteiger partial charge in [-0.25, -0.2) is 4.39 Å². The van der Waals surface area contributed by atoms with Gasteiger partial charge in [-0.2, -0.15) is 13.2 Å². The summed E-state index contributed by atoms with van der Waals surface area (Å²) in [6.45, 7) is 0. The second kappa shape index (κ2) is 3.35. The molecule has 12 heavy (non-hydrogen) atoms. The number of benzene rings is 1. The summed E-state index contributed by atoms with van der Waals surface area (Å²) in [7, 11) is 0. The molecule has 0 saturated heterocycles. The highest BCUT2D eigenvalue weighted by Crippen LogP contribution is 2.37. The van der Waals surface area contributed by atoms with Crippen molar-refractivity contribution in [3.63, 3.8) is 0 Å². The van der Waals surface area contributed by atoms with E-state index >= 15 is 0 Å². The third-order valence-electron chi connectivity index (χ3n) is 1.00. The minimum atomic E-state index is -4.44. The molecule has 0 atom stereocenters. The third-order valence-corrected chi connectivity index (χ3v) is 1.78. The van der Waals surface area contributed by atoms with Crippen LogP contribution in [0.1, 0.15) is 0 Å². The molecule has 0 N–H and O–H groups in total. The molecule has 0 amide bonds. The van der Waals surface area contributed by atoms with Crippen LogP contribution in [-0.4, -0.2) is 5.51 Å². The van der Waals surface area contributed by atoms with Gasteiger partial charge in [-0.3, -0.25) is 0 Å². The molecule has 0 nitrogen and oxygen atoms in total. The van der Waals surface area contributed by atoms with Gasteiger partial charge in [-0.1, -0.05) is 6.07 Å². The topological polar surface area (TPSA) is 0 Å². The predicted octanol–water partition coefficient (Wildman–Crippen LogP) is 3.24. The fourth-order valence-electron chi connectivity index (χ4n) is 0.603. The van der Waals surface area contributed by atoms with E-state index in [1.54, 1.807) is 0 Å². The van der Waals surface area contributed by atoms with Crippen LogP contribution in [-0.2, 0) is 0 Å². The first-order valence-electron chi connectivity index (χ1n) is 2.90. The summed E-state index contributed by atoms with van der Waals surface area (Å²) in [6, 6.07) is 5.47. The first-order chi connectivity index (χ1) is 5.49. The summed E-state index contributed by atoms with van der Waals surface area (Å²) >= 11 is -0.468. The Morgan fingerprint density at radius 3 is 2.50 bits per heavy atom. The Balaban J connectivity index is 2.83. The van der Waals surface area contributed by atoms with Crippen molar-refractivity contribution in [1.82, 2.24) is 0 Å². The third kappa shape index (κ3) is 2.73. The van der Waals surface area contributed by atoms with E-state index in [0.717, 1.165) is 12.1 Å². The van der Waals surface area contributed by atoms with Crippen LogP contribution in [0, 0.1) is 11.9 Å². The lowest BCUT2D eigenvalue weighted by Crippen LogP contribution is -1.99. The lowest BCUT2D eigenvalue weighted by Gasteiger charge is -2.05. The smallest absolute Gasteiger partial charge is 0.206 e. The maximum absolute atomic E-state index is 12.6. The molecule has 0 heterocycles. The largest absolute Gasteiger partial charge is 0.446 e. The summed E-state index contributed by atoms with van der Waals surface area (Å²) in [6.07, 6.45) is 0. The van der Waals surface area contributed by atoms with E-state index in [1.807, 2.05) is 0 Å². The quantitative estimate of drug-likeness (QED) is 0.489. The molecule has 0 saturated carbocycles. The van der Waals surface area contributed by atoms with Gasteiger partial charge < -0.3 is 0 Å².